The van der Waals surface area contributed by atoms with Gasteiger partial charge >= 0.3 is 0 Å². The number of halogens is 2. The Bertz CT molecular complexity index is 1200. The number of nitrogens with one attached hydrogen (secondary N) is 2. The molecular formula is C20H18F2N6O2. The molecule has 0 unspecified atom stereocenters. The zero-order valence-corrected chi connectivity index (χ0v) is 16.2. The molecule has 154 valence electrons. The highest BCUT2D eigenvalue weighted by Gasteiger charge is 2.15. The smallest absolute Gasteiger partial charge is 0.226 e. The molecule has 4 heterocycles. The van der Waals surface area contributed by atoms with E-state index in [1.54, 1.807) is 18.3 Å². The van der Waals surface area contributed by atoms with E-state index in [-0.39, 0.29) is 18.8 Å². The number of pyridine rings is 2. The van der Waals surface area contributed by atoms with Gasteiger partial charge in [-0.2, -0.15) is 4.39 Å². The molecule has 0 aliphatic heterocycles. The highest BCUT2D eigenvalue weighted by Crippen LogP contribution is 2.27. The molecule has 0 spiro atoms. The molecule has 0 radical (unpaired) electrons. The number of anilines is 1. The topological polar surface area (TPSA) is 97.8 Å². The number of H-pyrrole nitrogens is 1. The van der Waals surface area contributed by atoms with Gasteiger partial charge < -0.3 is 19.8 Å². The van der Waals surface area contributed by atoms with Crippen molar-refractivity contribution in [3.8, 4) is 11.8 Å². The molecule has 0 aliphatic rings. The molecule has 30 heavy (non-hydrogen) atoms. The van der Waals surface area contributed by atoms with Gasteiger partial charge in [0.25, 0.3) is 0 Å². The molecule has 0 amide bonds. The lowest BCUT2D eigenvalue weighted by Crippen LogP contribution is -2.06. The maximum atomic E-state index is 14.6. The van der Waals surface area contributed by atoms with Crippen LogP contribution in [-0.4, -0.2) is 39.1 Å². The van der Waals surface area contributed by atoms with E-state index in [9.17, 15) is 8.78 Å². The molecule has 10 heteroatoms. The fraction of sp³-hybridized carbons (Fsp3) is 0.200. The minimum absolute atomic E-state index is 0.177. The summed E-state index contributed by atoms with van der Waals surface area (Å²) in [4.78, 5) is 19.1. The molecule has 0 saturated carbocycles. The number of rotatable bonds is 7. The van der Waals surface area contributed by atoms with Gasteiger partial charge in [0.2, 0.25) is 17.7 Å². The van der Waals surface area contributed by atoms with E-state index in [0.717, 1.165) is 11.8 Å². The van der Waals surface area contributed by atoms with Crippen molar-refractivity contribution in [1.29, 1.82) is 0 Å². The molecule has 4 rings (SSSR count). The van der Waals surface area contributed by atoms with Gasteiger partial charge in [-0.3, -0.25) is 0 Å². The number of aromatic nitrogens is 5. The standard InChI is InChI=1S/C20H18F2N6O2/c1-29-19-13(6-14(21)9-25-19)8-23-15-4-3-11(17(22)28-15)5-12-7-24-18-16(12)20(30-2)27-10-26-18/h3-4,6-7,9-10H,5,8H2,1-2H3,(H,23,28)(H,24,26,27). The lowest BCUT2D eigenvalue weighted by molar-refractivity contribution is 0.391. The van der Waals surface area contributed by atoms with Crippen LogP contribution in [0.5, 0.6) is 11.8 Å². The zero-order chi connectivity index (χ0) is 21.1. The number of ether oxygens (including phenoxy) is 2. The van der Waals surface area contributed by atoms with Crippen LogP contribution in [0.25, 0.3) is 11.0 Å². The predicted molar refractivity (Wildman–Crippen MR) is 106 cm³/mol. The highest BCUT2D eigenvalue weighted by molar-refractivity contribution is 5.85. The summed E-state index contributed by atoms with van der Waals surface area (Å²) in [6.45, 7) is 0.177. The van der Waals surface area contributed by atoms with Crippen LogP contribution in [0.3, 0.4) is 0 Å². The zero-order valence-electron chi connectivity index (χ0n) is 16.2. The first-order valence-corrected chi connectivity index (χ1v) is 9.01. The largest absolute Gasteiger partial charge is 0.481 e. The first kappa shape index (κ1) is 19.5. The Balaban J connectivity index is 1.53. The number of aromatic amines is 1. The Labute approximate surface area is 170 Å². The summed E-state index contributed by atoms with van der Waals surface area (Å²) >= 11 is 0. The Morgan fingerprint density at radius 1 is 1.00 bits per heavy atom. The van der Waals surface area contributed by atoms with Gasteiger partial charge in [0.05, 0.1) is 25.8 Å². The summed E-state index contributed by atoms with van der Waals surface area (Å²) in [6.07, 6.45) is 4.49. The lowest BCUT2D eigenvalue weighted by atomic mass is 10.1. The van der Waals surface area contributed by atoms with Gasteiger partial charge in [-0.1, -0.05) is 6.07 Å². The van der Waals surface area contributed by atoms with Gasteiger partial charge in [0.15, 0.2) is 0 Å². The van der Waals surface area contributed by atoms with Gasteiger partial charge in [0, 0.05) is 30.3 Å². The lowest BCUT2D eigenvalue weighted by Gasteiger charge is -2.10. The molecule has 2 N–H and O–H groups in total. The van der Waals surface area contributed by atoms with E-state index >= 15 is 0 Å². The molecule has 4 aromatic heterocycles. The quantitative estimate of drug-likeness (QED) is 0.450. The fourth-order valence-electron chi connectivity index (χ4n) is 3.15. The van der Waals surface area contributed by atoms with Crippen molar-refractivity contribution in [2.75, 3.05) is 19.5 Å². The van der Waals surface area contributed by atoms with Crippen LogP contribution in [0.2, 0.25) is 0 Å². The van der Waals surface area contributed by atoms with E-state index in [0.29, 0.717) is 33.9 Å². The monoisotopic (exact) mass is 412 g/mol. The Kier molecular flexibility index (Phi) is 5.38. The van der Waals surface area contributed by atoms with Crippen LogP contribution in [-0.2, 0) is 13.0 Å². The molecular weight excluding hydrogens is 394 g/mol. The molecule has 0 bridgehead atoms. The second-order valence-corrected chi connectivity index (χ2v) is 6.42. The summed E-state index contributed by atoms with van der Waals surface area (Å²) in [6, 6.07) is 4.59. The third kappa shape index (κ3) is 3.84. The maximum absolute atomic E-state index is 14.6. The minimum atomic E-state index is -0.616. The van der Waals surface area contributed by atoms with Crippen molar-refractivity contribution in [2.24, 2.45) is 0 Å². The predicted octanol–water partition coefficient (Wildman–Crippen LogP) is 3.25. The van der Waals surface area contributed by atoms with Crippen molar-refractivity contribution in [3.63, 3.8) is 0 Å². The van der Waals surface area contributed by atoms with Crippen LogP contribution in [0.1, 0.15) is 16.7 Å². The Morgan fingerprint density at radius 3 is 2.60 bits per heavy atom. The second-order valence-electron chi connectivity index (χ2n) is 6.42. The molecule has 0 atom stereocenters. The Hall–Kier alpha value is -3.82. The van der Waals surface area contributed by atoms with E-state index in [1.165, 1.54) is 26.6 Å². The fourth-order valence-corrected chi connectivity index (χ4v) is 3.15. The van der Waals surface area contributed by atoms with Gasteiger partial charge in [-0.15, -0.1) is 0 Å². The van der Waals surface area contributed by atoms with Crippen LogP contribution in [0.4, 0.5) is 14.6 Å². The molecule has 0 fully saturated rings. The third-order valence-corrected chi connectivity index (χ3v) is 4.56. The van der Waals surface area contributed by atoms with Crippen molar-refractivity contribution in [1.82, 2.24) is 24.9 Å². The van der Waals surface area contributed by atoms with Crippen LogP contribution in [0.15, 0.2) is 36.9 Å². The molecule has 4 aromatic rings. The first-order chi connectivity index (χ1) is 14.6. The van der Waals surface area contributed by atoms with Gasteiger partial charge in [-0.05, 0) is 17.7 Å². The summed E-state index contributed by atoms with van der Waals surface area (Å²) in [5, 5.41) is 3.65. The number of methoxy groups -OCH3 is 2. The van der Waals surface area contributed by atoms with E-state index < -0.39 is 11.8 Å². The summed E-state index contributed by atoms with van der Waals surface area (Å²) in [5.41, 5.74) is 2.30. The highest BCUT2D eigenvalue weighted by atomic mass is 19.1. The minimum Gasteiger partial charge on any atom is -0.481 e. The molecule has 0 aliphatic carbocycles. The van der Waals surface area contributed by atoms with Crippen molar-refractivity contribution >= 4 is 16.9 Å². The second kappa shape index (κ2) is 8.27. The van der Waals surface area contributed by atoms with Crippen molar-refractivity contribution in [3.05, 3.63) is 65.4 Å². The number of nitrogens with zero attached hydrogens (tertiary/aromatic N) is 4. The van der Waals surface area contributed by atoms with E-state index in [1.807, 2.05) is 0 Å². The SMILES string of the molecule is COc1ncc(F)cc1CNc1ccc(Cc2c[nH]c3ncnc(OC)c23)c(F)n1. The summed E-state index contributed by atoms with van der Waals surface area (Å²) < 4.78 is 38.5. The van der Waals surface area contributed by atoms with Crippen molar-refractivity contribution < 1.29 is 18.3 Å². The molecule has 8 nitrogen and oxygen atoms in total. The first-order valence-electron chi connectivity index (χ1n) is 9.01. The average molecular weight is 412 g/mol. The van der Waals surface area contributed by atoms with Crippen LogP contribution >= 0.6 is 0 Å². The van der Waals surface area contributed by atoms with Gasteiger partial charge in [-0.25, -0.2) is 24.3 Å². The molecule has 0 saturated heterocycles. The van der Waals surface area contributed by atoms with Crippen molar-refractivity contribution in [2.45, 2.75) is 13.0 Å². The van der Waals surface area contributed by atoms with Gasteiger partial charge in [0.1, 0.15) is 23.6 Å². The van der Waals surface area contributed by atoms with Crippen LogP contribution < -0.4 is 14.8 Å². The van der Waals surface area contributed by atoms with Crippen LogP contribution in [0, 0.1) is 11.8 Å². The normalized spacial score (nSPS) is 10.9. The number of hydrogen-bond acceptors (Lipinski definition) is 7. The maximum Gasteiger partial charge on any atom is 0.226 e. The third-order valence-electron chi connectivity index (χ3n) is 4.56. The Morgan fingerprint density at radius 2 is 1.83 bits per heavy atom. The number of hydrogen-bond donors (Lipinski definition) is 2. The average Bonchev–Trinajstić information content (AvgIpc) is 3.17. The van der Waals surface area contributed by atoms with E-state index in [2.05, 4.69) is 30.2 Å². The molecule has 0 aromatic carbocycles. The van der Waals surface area contributed by atoms with E-state index in [4.69, 9.17) is 9.47 Å². The summed E-state index contributed by atoms with van der Waals surface area (Å²) in [7, 11) is 2.96. The number of fused-ring (bicyclic) bond motifs is 1. The summed E-state index contributed by atoms with van der Waals surface area (Å²) in [5.74, 6) is -0.0887.